The molecule has 0 unspecified atom stereocenters. The summed E-state index contributed by atoms with van der Waals surface area (Å²) in [5.41, 5.74) is 2.67. The molecule has 0 spiro atoms. The molecule has 1 saturated heterocycles. The van der Waals surface area contributed by atoms with E-state index in [-0.39, 0.29) is 29.7 Å². The number of aromatic nitrogens is 1. The van der Waals surface area contributed by atoms with Crippen molar-refractivity contribution in [3.8, 4) is 0 Å². The summed E-state index contributed by atoms with van der Waals surface area (Å²) in [4.78, 5) is 44.9. The molecule has 202 valence electrons. The number of likely N-dealkylation sites (tertiary alicyclic amines) is 1. The number of hydrogen-bond acceptors (Lipinski definition) is 6. The molecule has 1 aliphatic rings. The molecule has 0 bridgehead atoms. The summed E-state index contributed by atoms with van der Waals surface area (Å²) in [5, 5.41) is 9.62. The van der Waals surface area contributed by atoms with Crippen LogP contribution in [0.1, 0.15) is 57.5 Å². The Hall–Kier alpha value is -2.78. The highest BCUT2D eigenvalue weighted by Gasteiger charge is 2.27. The van der Waals surface area contributed by atoms with Crippen molar-refractivity contribution in [2.24, 2.45) is 5.92 Å². The van der Waals surface area contributed by atoms with Crippen LogP contribution in [0.4, 0.5) is 0 Å². The molecule has 2 heterocycles. The van der Waals surface area contributed by atoms with E-state index in [1.807, 2.05) is 13.0 Å². The van der Waals surface area contributed by atoms with Crippen LogP contribution in [0.5, 0.6) is 0 Å². The van der Waals surface area contributed by atoms with Crippen molar-refractivity contribution in [3.05, 3.63) is 40.9 Å². The normalized spacial score (nSPS) is 16.2. The zero-order valence-corrected chi connectivity index (χ0v) is 23.4. The molecule has 0 radical (unpaired) electrons. The highest BCUT2D eigenvalue weighted by atomic mass is 32.1. The fourth-order valence-corrected chi connectivity index (χ4v) is 5.60. The standard InChI is InChI=1S/C28H41N5O3S/c1-6-18(3)24(16-29-27(35)19(4)17-33-12-8-9-13-33)32-28(36)23(30-20(5)34)15-26-31-22-11-10-21(7-2)14-25(22)37-26/h10-11,14,18,23-24H,4,6-9,12-13,15-17H2,1-3,5H3,(H,29,35)(H,30,34)(H,32,36)/t18-,23-,24+/m0/s1. The fraction of sp³-hybridized carbons (Fsp3) is 0.571. The van der Waals surface area contributed by atoms with Crippen LogP contribution >= 0.6 is 11.3 Å². The quantitative estimate of drug-likeness (QED) is 0.347. The Kier molecular flexibility index (Phi) is 10.6. The largest absolute Gasteiger partial charge is 0.350 e. The lowest BCUT2D eigenvalue weighted by atomic mass is 9.98. The van der Waals surface area contributed by atoms with Crippen LogP contribution < -0.4 is 16.0 Å². The topological polar surface area (TPSA) is 103 Å². The summed E-state index contributed by atoms with van der Waals surface area (Å²) < 4.78 is 1.07. The van der Waals surface area contributed by atoms with Gasteiger partial charge in [0.25, 0.3) is 0 Å². The second-order valence-corrected chi connectivity index (χ2v) is 11.1. The molecule has 8 nitrogen and oxygen atoms in total. The van der Waals surface area contributed by atoms with Crippen molar-refractivity contribution < 1.29 is 14.4 Å². The summed E-state index contributed by atoms with van der Waals surface area (Å²) >= 11 is 1.55. The molecule has 2 aromatic rings. The molecule has 1 aliphatic heterocycles. The Morgan fingerprint density at radius 3 is 2.54 bits per heavy atom. The number of aryl methyl sites for hydroxylation is 1. The van der Waals surface area contributed by atoms with Crippen LogP contribution in [-0.2, 0) is 27.2 Å². The van der Waals surface area contributed by atoms with E-state index in [9.17, 15) is 14.4 Å². The van der Waals surface area contributed by atoms with Crippen molar-refractivity contribution in [1.29, 1.82) is 0 Å². The first kappa shape index (κ1) is 28.8. The first-order valence-electron chi connectivity index (χ1n) is 13.3. The minimum Gasteiger partial charge on any atom is -0.350 e. The Labute approximate surface area is 224 Å². The smallest absolute Gasteiger partial charge is 0.247 e. The van der Waals surface area contributed by atoms with Crippen LogP contribution in [0.3, 0.4) is 0 Å². The number of fused-ring (bicyclic) bond motifs is 1. The van der Waals surface area contributed by atoms with Crippen LogP contribution in [0.25, 0.3) is 10.2 Å². The van der Waals surface area contributed by atoms with Crippen LogP contribution in [-0.4, -0.2) is 65.9 Å². The molecule has 0 aliphatic carbocycles. The van der Waals surface area contributed by atoms with Gasteiger partial charge in [0.15, 0.2) is 0 Å². The number of benzene rings is 1. The number of hydrogen-bond donors (Lipinski definition) is 3. The van der Waals surface area contributed by atoms with E-state index in [2.05, 4.69) is 58.4 Å². The van der Waals surface area contributed by atoms with Gasteiger partial charge in [-0.1, -0.05) is 39.8 Å². The molecule has 3 rings (SSSR count). The summed E-state index contributed by atoms with van der Waals surface area (Å²) in [7, 11) is 0. The van der Waals surface area contributed by atoms with Crippen molar-refractivity contribution in [1.82, 2.24) is 25.8 Å². The van der Waals surface area contributed by atoms with Gasteiger partial charge in [0, 0.05) is 38.0 Å². The van der Waals surface area contributed by atoms with Crippen molar-refractivity contribution in [2.75, 3.05) is 26.2 Å². The number of nitrogens with one attached hydrogen (secondary N) is 3. The number of carbonyl (C=O) groups excluding carboxylic acids is 3. The second kappa shape index (κ2) is 13.7. The predicted octanol–water partition coefficient (Wildman–Crippen LogP) is 3.21. The van der Waals surface area contributed by atoms with Gasteiger partial charge in [-0.15, -0.1) is 11.3 Å². The van der Waals surface area contributed by atoms with Crippen LogP contribution in [0, 0.1) is 5.92 Å². The molecule has 3 atom stereocenters. The van der Waals surface area contributed by atoms with Gasteiger partial charge >= 0.3 is 0 Å². The SMILES string of the molecule is C=C(CN1CCCC1)C(=O)NC[C@@H](NC(=O)[C@H](Cc1nc2ccc(CC)cc2s1)NC(C)=O)[C@@H](C)CC. The average molecular weight is 528 g/mol. The van der Waals surface area contributed by atoms with Gasteiger partial charge in [0.1, 0.15) is 6.04 Å². The third kappa shape index (κ3) is 8.36. The first-order valence-corrected chi connectivity index (χ1v) is 14.2. The third-order valence-electron chi connectivity index (χ3n) is 7.05. The number of nitrogens with zero attached hydrogens (tertiary/aromatic N) is 2. The number of rotatable bonds is 13. The minimum absolute atomic E-state index is 0.129. The zero-order chi connectivity index (χ0) is 26.9. The van der Waals surface area contributed by atoms with E-state index < -0.39 is 6.04 Å². The Morgan fingerprint density at radius 1 is 1.16 bits per heavy atom. The summed E-state index contributed by atoms with van der Waals surface area (Å²) in [6.07, 6.45) is 4.39. The van der Waals surface area contributed by atoms with E-state index in [1.54, 1.807) is 11.3 Å². The van der Waals surface area contributed by atoms with E-state index in [1.165, 1.54) is 12.5 Å². The molecule has 1 aromatic carbocycles. The van der Waals surface area contributed by atoms with Gasteiger partial charge in [-0.2, -0.15) is 0 Å². The number of thiazole rings is 1. The summed E-state index contributed by atoms with van der Waals surface area (Å²) in [6.45, 7) is 14.4. The lowest BCUT2D eigenvalue weighted by Crippen LogP contribution is -2.54. The van der Waals surface area contributed by atoms with Crippen LogP contribution in [0.2, 0.25) is 0 Å². The second-order valence-electron chi connectivity index (χ2n) is 10.0. The van der Waals surface area contributed by atoms with Gasteiger partial charge in [0.05, 0.1) is 15.2 Å². The lowest BCUT2D eigenvalue weighted by Gasteiger charge is -2.27. The highest BCUT2D eigenvalue weighted by molar-refractivity contribution is 7.18. The summed E-state index contributed by atoms with van der Waals surface area (Å²) in [6, 6.07) is 5.16. The maximum absolute atomic E-state index is 13.4. The molecular weight excluding hydrogens is 486 g/mol. The molecule has 3 N–H and O–H groups in total. The molecule has 37 heavy (non-hydrogen) atoms. The van der Waals surface area contributed by atoms with Gasteiger partial charge < -0.3 is 16.0 Å². The van der Waals surface area contributed by atoms with E-state index >= 15 is 0 Å². The predicted molar refractivity (Wildman–Crippen MR) is 150 cm³/mol. The highest BCUT2D eigenvalue weighted by Crippen LogP contribution is 2.24. The third-order valence-corrected chi connectivity index (χ3v) is 8.09. The van der Waals surface area contributed by atoms with Gasteiger partial charge in [-0.05, 0) is 56.0 Å². The van der Waals surface area contributed by atoms with Gasteiger partial charge in [-0.25, -0.2) is 4.98 Å². The van der Waals surface area contributed by atoms with Crippen molar-refractivity contribution >= 4 is 39.3 Å². The minimum atomic E-state index is -0.754. The Morgan fingerprint density at radius 2 is 1.89 bits per heavy atom. The Balaban J connectivity index is 1.65. The number of amides is 3. The monoisotopic (exact) mass is 527 g/mol. The summed E-state index contributed by atoms with van der Waals surface area (Å²) in [5.74, 6) is -0.613. The van der Waals surface area contributed by atoms with E-state index in [0.29, 0.717) is 25.1 Å². The van der Waals surface area contributed by atoms with Gasteiger partial charge in [-0.3, -0.25) is 19.3 Å². The van der Waals surface area contributed by atoms with Crippen molar-refractivity contribution in [2.45, 2.75) is 71.9 Å². The van der Waals surface area contributed by atoms with Crippen LogP contribution in [0.15, 0.2) is 30.4 Å². The molecule has 1 fully saturated rings. The fourth-order valence-electron chi connectivity index (χ4n) is 4.53. The Bertz CT molecular complexity index is 1110. The average Bonchev–Trinajstić information content (AvgIpc) is 3.53. The van der Waals surface area contributed by atoms with E-state index in [0.717, 1.165) is 54.0 Å². The van der Waals surface area contributed by atoms with E-state index in [4.69, 9.17) is 0 Å². The molecule has 3 amide bonds. The first-order chi connectivity index (χ1) is 17.7. The van der Waals surface area contributed by atoms with Crippen molar-refractivity contribution in [3.63, 3.8) is 0 Å². The molecular formula is C28H41N5O3S. The molecule has 1 aromatic heterocycles. The molecule has 9 heteroatoms. The zero-order valence-electron chi connectivity index (χ0n) is 22.6. The maximum atomic E-state index is 13.4. The lowest BCUT2D eigenvalue weighted by molar-refractivity contribution is -0.128. The van der Waals surface area contributed by atoms with Gasteiger partial charge in [0.2, 0.25) is 17.7 Å². The molecule has 0 saturated carbocycles. The number of carbonyl (C=O) groups is 3. The maximum Gasteiger partial charge on any atom is 0.247 e.